The lowest BCUT2D eigenvalue weighted by Gasteiger charge is -2.33. The summed E-state index contributed by atoms with van der Waals surface area (Å²) in [5.41, 5.74) is 2.48. The zero-order valence-corrected chi connectivity index (χ0v) is 11.5. The number of nitrogens with zero attached hydrogens (tertiary/aromatic N) is 2. The van der Waals surface area contributed by atoms with Gasteiger partial charge in [0.2, 0.25) is 0 Å². The van der Waals surface area contributed by atoms with E-state index in [1.54, 1.807) is 0 Å². The molecular formula is C14H25N3. The topological polar surface area (TPSA) is 29.9 Å². The Morgan fingerprint density at radius 2 is 2.18 bits per heavy atom. The smallest absolute Gasteiger partial charge is 0.0638 e. The van der Waals surface area contributed by atoms with E-state index in [1.165, 1.54) is 24.8 Å². The summed E-state index contributed by atoms with van der Waals surface area (Å²) in [6.45, 7) is 7.80. The maximum Gasteiger partial charge on any atom is 0.0638 e. The molecule has 3 heteroatoms. The van der Waals surface area contributed by atoms with E-state index in [2.05, 4.69) is 37.4 Å². The number of hydrogen-bond acceptors (Lipinski definition) is 2. The van der Waals surface area contributed by atoms with Gasteiger partial charge in [-0.05, 0) is 38.0 Å². The summed E-state index contributed by atoms with van der Waals surface area (Å²) in [6, 6.07) is 0.686. The number of nitrogens with one attached hydrogen (secondary N) is 1. The lowest BCUT2D eigenvalue weighted by molar-refractivity contribution is 0.227. The van der Waals surface area contributed by atoms with Crippen LogP contribution in [0.15, 0.2) is 6.20 Å². The van der Waals surface area contributed by atoms with Gasteiger partial charge in [0, 0.05) is 31.4 Å². The molecule has 1 saturated carbocycles. The molecule has 0 bridgehead atoms. The third-order valence-electron chi connectivity index (χ3n) is 4.10. The fourth-order valence-corrected chi connectivity index (χ4v) is 3.03. The van der Waals surface area contributed by atoms with Gasteiger partial charge in [0.25, 0.3) is 0 Å². The normalized spacial score (nSPS) is 29.5. The summed E-state index contributed by atoms with van der Waals surface area (Å²) in [6.07, 6.45) is 6.18. The number of rotatable bonds is 3. The molecule has 3 nitrogen and oxygen atoms in total. The molecule has 1 N–H and O–H groups in total. The van der Waals surface area contributed by atoms with E-state index in [0.29, 0.717) is 6.04 Å². The molecule has 0 saturated heterocycles. The van der Waals surface area contributed by atoms with Gasteiger partial charge in [-0.2, -0.15) is 5.10 Å². The highest BCUT2D eigenvalue weighted by Gasteiger charge is 2.24. The van der Waals surface area contributed by atoms with Crippen molar-refractivity contribution in [2.75, 3.05) is 0 Å². The Morgan fingerprint density at radius 3 is 2.76 bits per heavy atom. The lowest BCUT2D eigenvalue weighted by atomic mass is 9.80. The van der Waals surface area contributed by atoms with Crippen LogP contribution in [-0.4, -0.2) is 15.8 Å². The minimum atomic E-state index is 0.686. The predicted octanol–water partition coefficient (Wildman–Crippen LogP) is 2.64. The van der Waals surface area contributed by atoms with E-state index in [0.717, 1.165) is 24.1 Å². The van der Waals surface area contributed by atoms with Crippen molar-refractivity contribution in [1.29, 1.82) is 0 Å². The Kier molecular flexibility index (Phi) is 3.87. The molecule has 3 atom stereocenters. The minimum Gasteiger partial charge on any atom is -0.310 e. The Bertz CT molecular complexity index is 370. The zero-order valence-electron chi connectivity index (χ0n) is 11.5. The van der Waals surface area contributed by atoms with Crippen LogP contribution in [0.1, 0.15) is 44.4 Å². The standard InChI is InChI=1S/C14H25N3/c1-10-5-6-14(11(2)7-10)15-8-13-9-17(4)16-12(13)3/h9-11,14-15H,5-8H2,1-4H3. The third kappa shape index (κ3) is 3.09. The van der Waals surface area contributed by atoms with Gasteiger partial charge in [-0.15, -0.1) is 0 Å². The van der Waals surface area contributed by atoms with Crippen LogP contribution in [0.4, 0.5) is 0 Å². The van der Waals surface area contributed by atoms with E-state index in [1.807, 2.05) is 11.7 Å². The molecule has 1 aliphatic carbocycles. The molecule has 0 amide bonds. The predicted molar refractivity (Wildman–Crippen MR) is 70.8 cm³/mol. The van der Waals surface area contributed by atoms with Crippen molar-refractivity contribution in [2.24, 2.45) is 18.9 Å². The first-order valence-electron chi connectivity index (χ1n) is 6.78. The molecule has 0 radical (unpaired) electrons. The molecule has 2 rings (SSSR count). The van der Waals surface area contributed by atoms with Crippen molar-refractivity contribution < 1.29 is 0 Å². The Morgan fingerprint density at radius 1 is 1.41 bits per heavy atom. The van der Waals surface area contributed by atoms with Gasteiger partial charge in [0.15, 0.2) is 0 Å². The minimum absolute atomic E-state index is 0.686. The molecule has 1 aromatic heterocycles. The third-order valence-corrected chi connectivity index (χ3v) is 4.10. The van der Waals surface area contributed by atoms with Crippen molar-refractivity contribution >= 4 is 0 Å². The lowest BCUT2D eigenvalue weighted by Crippen LogP contribution is -2.38. The van der Waals surface area contributed by atoms with E-state index < -0.39 is 0 Å². The maximum atomic E-state index is 4.38. The van der Waals surface area contributed by atoms with Gasteiger partial charge in [-0.1, -0.05) is 13.8 Å². The zero-order chi connectivity index (χ0) is 12.4. The first kappa shape index (κ1) is 12.6. The molecule has 96 valence electrons. The first-order valence-corrected chi connectivity index (χ1v) is 6.78. The Labute approximate surface area is 105 Å². The first-order chi connectivity index (χ1) is 8.06. The van der Waals surface area contributed by atoms with Crippen LogP contribution in [0.3, 0.4) is 0 Å². The van der Waals surface area contributed by atoms with Crippen LogP contribution >= 0.6 is 0 Å². The van der Waals surface area contributed by atoms with Crippen molar-refractivity contribution in [1.82, 2.24) is 15.1 Å². The van der Waals surface area contributed by atoms with E-state index in [9.17, 15) is 0 Å². The molecule has 1 fully saturated rings. The summed E-state index contributed by atoms with van der Waals surface area (Å²) >= 11 is 0. The van der Waals surface area contributed by atoms with E-state index >= 15 is 0 Å². The molecule has 3 unspecified atom stereocenters. The molecule has 0 spiro atoms. The van der Waals surface area contributed by atoms with Gasteiger partial charge < -0.3 is 5.32 Å². The SMILES string of the molecule is Cc1nn(C)cc1CNC1CCC(C)CC1C. The van der Waals surface area contributed by atoms with Crippen molar-refractivity contribution in [3.05, 3.63) is 17.5 Å². The number of hydrogen-bond donors (Lipinski definition) is 1. The molecule has 1 heterocycles. The highest BCUT2D eigenvalue weighted by molar-refractivity contribution is 5.15. The number of aromatic nitrogens is 2. The van der Waals surface area contributed by atoms with Crippen molar-refractivity contribution in [3.8, 4) is 0 Å². The fourth-order valence-electron chi connectivity index (χ4n) is 3.03. The quantitative estimate of drug-likeness (QED) is 0.873. The highest BCUT2D eigenvalue weighted by atomic mass is 15.2. The average molecular weight is 235 g/mol. The summed E-state index contributed by atoms with van der Waals surface area (Å²) in [5.74, 6) is 1.71. The van der Waals surface area contributed by atoms with Gasteiger partial charge in [-0.25, -0.2) is 0 Å². The van der Waals surface area contributed by atoms with Crippen LogP contribution in [0.5, 0.6) is 0 Å². The molecule has 1 aliphatic rings. The average Bonchev–Trinajstić information content (AvgIpc) is 2.56. The highest BCUT2D eigenvalue weighted by Crippen LogP contribution is 2.28. The fraction of sp³-hybridized carbons (Fsp3) is 0.786. The summed E-state index contributed by atoms with van der Waals surface area (Å²) in [5, 5.41) is 8.09. The maximum absolute atomic E-state index is 4.38. The van der Waals surface area contributed by atoms with Gasteiger partial charge in [0.05, 0.1) is 5.69 Å². The molecule has 17 heavy (non-hydrogen) atoms. The van der Waals surface area contributed by atoms with Crippen LogP contribution in [0.25, 0.3) is 0 Å². The van der Waals surface area contributed by atoms with Crippen LogP contribution < -0.4 is 5.32 Å². The number of aryl methyl sites for hydroxylation is 2. The largest absolute Gasteiger partial charge is 0.310 e. The van der Waals surface area contributed by atoms with Crippen molar-refractivity contribution in [2.45, 2.75) is 52.6 Å². The van der Waals surface area contributed by atoms with Gasteiger partial charge >= 0.3 is 0 Å². The van der Waals surface area contributed by atoms with Gasteiger partial charge in [0.1, 0.15) is 0 Å². The second kappa shape index (κ2) is 5.21. The molecular weight excluding hydrogens is 210 g/mol. The van der Waals surface area contributed by atoms with Crippen molar-refractivity contribution in [3.63, 3.8) is 0 Å². The van der Waals surface area contributed by atoms with E-state index in [-0.39, 0.29) is 0 Å². The van der Waals surface area contributed by atoms with E-state index in [4.69, 9.17) is 0 Å². The second-order valence-electron chi connectivity index (χ2n) is 5.80. The van der Waals surface area contributed by atoms with Crippen LogP contribution in [-0.2, 0) is 13.6 Å². The molecule has 0 aromatic carbocycles. The monoisotopic (exact) mass is 235 g/mol. The van der Waals surface area contributed by atoms with Gasteiger partial charge in [-0.3, -0.25) is 4.68 Å². The van der Waals surface area contributed by atoms with Crippen LogP contribution in [0, 0.1) is 18.8 Å². The Balaban J connectivity index is 1.88. The van der Waals surface area contributed by atoms with Crippen LogP contribution in [0.2, 0.25) is 0 Å². The summed E-state index contributed by atoms with van der Waals surface area (Å²) < 4.78 is 1.90. The molecule has 0 aliphatic heterocycles. The summed E-state index contributed by atoms with van der Waals surface area (Å²) in [7, 11) is 1.99. The Hall–Kier alpha value is -0.830. The second-order valence-corrected chi connectivity index (χ2v) is 5.80. The molecule has 1 aromatic rings. The summed E-state index contributed by atoms with van der Waals surface area (Å²) in [4.78, 5) is 0.